The van der Waals surface area contributed by atoms with E-state index in [1.807, 2.05) is 6.07 Å². The Kier molecular flexibility index (Phi) is 3.98. The number of nitrogens with zero attached hydrogens (tertiary/aromatic N) is 1. The molecule has 0 amide bonds. The van der Waals surface area contributed by atoms with Crippen LogP contribution >= 0.6 is 15.9 Å². The number of rotatable bonds is 4. The highest BCUT2D eigenvalue weighted by atomic mass is 79.9. The number of furan rings is 1. The number of hydrogen-bond donors (Lipinski definition) is 1. The summed E-state index contributed by atoms with van der Waals surface area (Å²) in [4.78, 5) is -0.0112. The summed E-state index contributed by atoms with van der Waals surface area (Å²) in [5.74, 6) is 0.187. The van der Waals surface area contributed by atoms with Gasteiger partial charge in [-0.3, -0.25) is 4.31 Å². The SMILES string of the molecule is CN(c1ccccc1)S(=O)(=O)c1cc(CO)oc1Br. The van der Waals surface area contributed by atoms with Crippen LogP contribution < -0.4 is 4.31 Å². The molecule has 0 aliphatic heterocycles. The van der Waals surface area contributed by atoms with Crippen molar-refractivity contribution in [3.05, 3.63) is 46.8 Å². The number of para-hydroxylation sites is 1. The first-order valence-corrected chi connectivity index (χ1v) is 7.63. The van der Waals surface area contributed by atoms with Crippen molar-refractivity contribution in [1.82, 2.24) is 0 Å². The van der Waals surface area contributed by atoms with Crippen molar-refractivity contribution in [2.75, 3.05) is 11.4 Å². The Hall–Kier alpha value is -1.31. The molecule has 1 aromatic heterocycles. The molecule has 0 spiro atoms. The van der Waals surface area contributed by atoms with Gasteiger partial charge in [-0.25, -0.2) is 8.42 Å². The first-order valence-electron chi connectivity index (χ1n) is 5.40. The van der Waals surface area contributed by atoms with Crippen LogP contribution in [-0.2, 0) is 16.6 Å². The average molecular weight is 346 g/mol. The maximum atomic E-state index is 12.4. The van der Waals surface area contributed by atoms with Crippen molar-refractivity contribution in [2.45, 2.75) is 11.5 Å². The predicted octanol–water partition coefficient (Wildman–Crippen LogP) is 2.36. The van der Waals surface area contributed by atoms with Crippen molar-refractivity contribution in [1.29, 1.82) is 0 Å². The summed E-state index contributed by atoms with van der Waals surface area (Å²) >= 11 is 3.05. The van der Waals surface area contributed by atoms with E-state index in [1.54, 1.807) is 24.3 Å². The third-order valence-corrected chi connectivity index (χ3v) is 5.26. The van der Waals surface area contributed by atoms with Crippen LogP contribution in [0, 0.1) is 0 Å². The number of aliphatic hydroxyl groups excluding tert-OH is 1. The molecule has 0 aliphatic rings. The molecule has 2 rings (SSSR count). The molecule has 0 unspecified atom stereocenters. The monoisotopic (exact) mass is 345 g/mol. The highest BCUT2D eigenvalue weighted by molar-refractivity contribution is 9.10. The maximum absolute atomic E-state index is 12.4. The summed E-state index contributed by atoms with van der Waals surface area (Å²) in [5, 5.41) is 8.97. The summed E-state index contributed by atoms with van der Waals surface area (Å²) in [5.41, 5.74) is 0.543. The van der Waals surface area contributed by atoms with Gasteiger partial charge in [0.2, 0.25) is 0 Å². The van der Waals surface area contributed by atoms with E-state index in [-0.39, 0.29) is 21.9 Å². The second kappa shape index (κ2) is 5.36. The smallest absolute Gasteiger partial charge is 0.268 e. The lowest BCUT2D eigenvalue weighted by Crippen LogP contribution is -2.26. The minimum atomic E-state index is -3.73. The van der Waals surface area contributed by atoms with Gasteiger partial charge in [0.05, 0.1) is 5.69 Å². The van der Waals surface area contributed by atoms with Gasteiger partial charge in [0, 0.05) is 13.1 Å². The molecule has 0 radical (unpaired) electrons. The normalized spacial score (nSPS) is 11.5. The number of aliphatic hydroxyl groups is 1. The van der Waals surface area contributed by atoms with Gasteiger partial charge in [-0.15, -0.1) is 0 Å². The van der Waals surface area contributed by atoms with E-state index in [9.17, 15) is 8.42 Å². The van der Waals surface area contributed by atoms with Crippen LogP contribution in [-0.4, -0.2) is 20.6 Å². The molecule has 0 aliphatic carbocycles. The highest BCUT2D eigenvalue weighted by Gasteiger charge is 2.27. The Morgan fingerprint density at radius 1 is 1.32 bits per heavy atom. The summed E-state index contributed by atoms with van der Waals surface area (Å²) in [6.45, 7) is -0.358. The Labute approximate surface area is 119 Å². The molecule has 5 nitrogen and oxygen atoms in total. The zero-order valence-electron chi connectivity index (χ0n) is 10.1. The Morgan fingerprint density at radius 3 is 2.47 bits per heavy atom. The van der Waals surface area contributed by atoms with E-state index in [0.717, 1.165) is 4.31 Å². The lowest BCUT2D eigenvalue weighted by atomic mass is 10.3. The standard InChI is InChI=1S/C12H12BrNO4S/c1-14(9-5-3-2-4-6-9)19(16,17)11-7-10(8-15)18-12(11)13/h2-7,15H,8H2,1H3. The molecule has 0 saturated carbocycles. The van der Waals surface area contributed by atoms with Gasteiger partial charge < -0.3 is 9.52 Å². The molecule has 0 fully saturated rings. The van der Waals surface area contributed by atoms with E-state index in [4.69, 9.17) is 9.52 Å². The van der Waals surface area contributed by atoms with E-state index in [1.165, 1.54) is 13.1 Å². The van der Waals surface area contributed by atoms with Gasteiger partial charge in [-0.2, -0.15) is 0 Å². The molecule has 1 heterocycles. The van der Waals surface area contributed by atoms with E-state index in [0.29, 0.717) is 5.69 Å². The van der Waals surface area contributed by atoms with E-state index >= 15 is 0 Å². The fraction of sp³-hybridized carbons (Fsp3) is 0.167. The predicted molar refractivity (Wildman–Crippen MR) is 74.4 cm³/mol. The number of hydrogen-bond acceptors (Lipinski definition) is 4. The van der Waals surface area contributed by atoms with Crippen molar-refractivity contribution in [3.63, 3.8) is 0 Å². The van der Waals surface area contributed by atoms with Crippen LogP contribution in [0.3, 0.4) is 0 Å². The third kappa shape index (κ3) is 2.68. The Balaban J connectivity index is 2.45. The van der Waals surface area contributed by atoms with E-state index in [2.05, 4.69) is 15.9 Å². The number of anilines is 1. The average Bonchev–Trinajstić information content (AvgIpc) is 2.81. The molecular formula is C12H12BrNO4S. The summed E-state index contributed by atoms with van der Waals surface area (Å²) in [7, 11) is -2.27. The summed E-state index contributed by atoms with van der Waals surface area (Å²) < 4.78 is 31.2. The Bertz CT molecular complexity index is 666. The molecule has 1 N–H and O–H groups in total. The van der Waals surface area contributed by atoms with Crippen molar-refractivity contribution < 1.29 is 17.9 Å². The first-order chi connectivity index (χ1) is 8.96. The molecule has 7 heteroatoms. The Morgan fingerprint density at radius 2 is 1.95 bits per heavy atom. The third-order valence-electron chi connectivity index (χ3n) is 2.62. The van der Waals surface area contributed by atoms with Crippen LogP contribution in [0.25, 0.3) is 0 Å². The minimum absolute atomic E-state index is 0.0112. The largest absolute Gasteiger partial charge is 0.450 e. The molecule has 102 valence electrons. The maximum Gasteiger partial charge on any atom is 0.268 e. The number of sulfonamides is 1. The fourth-order valence-corrected chi connectivity index (χ4v) is 3.73. The molecule has 0 atom stereocenters. The fourth-order valence-electron chi connectivity index (χ4n) is 1.58. The molecular weight excluding hydrogens is 334 g/mol. The van der Waals surface area contributed by atoms with Crippen LogP contribution in [0.2, 0.25) is 0 Å². The van der Waals surface area contributed by atoms with Gasteiger partial charge >= 0.3 is 0 Å². The molecule has 1 aromatic carbocycles. The van der Waals surface area contributed by atoms with Gasteiger partial charge in [0.25, 0.3) is 10.0 Å². The highest BCUT2D eigenvalue weighted by Crippen LogP contribution is 2.30. The lowest BCUT2D eigenvalue weighted by Gasteiger charge is -2.18. The molecule has 0 saturated heterocycles. The summed E-state index contributed by atoms with van der Waals surface area (Å²) in [6.07, 6.45) is 0. The summed E-state index contributed by atoms with van der Waals surface area (Å²) in [6, 6.07) is 10.0. The van der Waals surface area contributed by atoms with Gasteiger partial charge in [-0.1, -0.05) is 18.2 Å². The van der Waals surface area contributed by atoms with Gasteiger partial charge in [0.15, 0.2) is 4.67 Å². The van der Waals surface area contributed by atoms with E-state index < -0.39 is 10.0 Å². The first kappa shape index (κ1) is 14.1. The quantitative estimate of drug-likeness (QED) is 0.923. The van der Waals surface area contributed by atoms with Crippen LogP contribution in [0.1, 0.15) is 5.76 Å². The zero-order chi connectivity index (χ0) is 14.0. The second-order valence-electron chi connectivity index (χ2n) is 3.82. The van der Waals surface area contributed by atoms with Gasteiger partial charge in [-0.05, 0) is 28.1 Å². The topological polar surface area (TPSA) is 70.8 Å². The molecule has 0 bridgehead atoms. The van der Waals surface area contributed by atoms with Crippen molar-refractivity contribution in [2.24, 2.45) is 0 Å². The number of benzene rings is 1. The second-order valence-corrected chi connectivity index (χ2v) is 6.47. The van der Waals surface area contributed by atoms with Crippen LogP contribution in [0.15, 0.2) is 50.4 Å². The molecule has 19 heavy (non-hydrogen) atoms. The zero-order valence-corrected chi connectivity index (χ0v) is 12.5. The van der Waals surface area contributed by atoms with Gasteiger partial charge in [0.1, 0.15) is 17.3 Å². The van der Waals surface area contributed by atoms with Crippen molar-refractivity contribution in [3.8, 4) is 0 Å². The lowest BCUT2D eigenvalue weighted by molar-refractivity contribution is 0.245. The van der Waals surface area contributed by atoms with Crippen molar-refractivity contribution >= 4 is 31.6 Å². The molecule has 2 aromatic rings. The number of halogens is 1. The van der Waals surface area contributed by atoms with Crippen LogP contribution in [0.5, 0.6) is 0 Å². The van der Waals surface area contributed by atoms with Crippen LogP contribution in [0.4, 0.5) is 5.69 Å². The minimum Gasteiger partial charge on any atom is -0.450 e.